The van der Waals surface area contributed by atoms with Gasteiger partial charge in [0.2, 0.25) is 0 Å². The number of nitrogens with one attached hydrogen (secondary N) is 2. The van der Waals surface area contributed by atoms with Gasteiger partial charge in [0.1, 0.15) is 0 Å². The van der Waals surface area contributed by atoms with E-state index in [9.17, 15) is 9.90 Å². The first-order chi connectivity index (χ1) is 8.78. The molecular weight excluding hydrogens is 240 g/mol. The number of carbonyl (C=O) groups excluding carboxylic acids is 1. The summed E-state index contributed by atoms with van der Waals surface area (Å²) in [6, 6.07) is 0.252. The first kappa shape index (κ1) is 16.3. The molecule has 112 valence electrons. The van der Waals surface area contributed by atoms with E-state index in [0.717, 1.165) is 19.3 Å². The SMILES string of the molecule is CC(O)CC(C)CNC(=O)NC1CCC(C)(C)CC1. The molecule has 4 heteroatoms. The summed E-state index contributed by atoms with van der Waals surface area (Å²) in [5, 5.41) is 15.2. The van der Waals surface area contributed by atoms with E-state index in [4.69, 9.17) is 0 Å². The van der Waals surface area contributed by atoms with Crippen molar-refractivity contribution in [2.75, 3.05) is 6.54 Å². The Balaban J connectivity index is 2.18. The van der Waals surface area contributed by atoms with Crippen LogP contribution >= 0.6 is 0 Å². The first-order valence-electron chi connectivity index (χ1n) is 7.51. The maximum Gasteiger partial charge on any atom is 0.315 e. The van der Waals surface area contributed by atoms with Crippen LogP contribution in [0.2, 0.25) is 0 Å². The van der Waals surface area contributed by atoms with Crippen LogP contribution in [0.25, 0.3) is 0 Å². The minimum absolute atomic E-state index is 0.0675. The van der Waals surface area contributed by atoms with Crippen LogP contribution in [-0.2, 0) is 0 Å². The smallest absolute Gasteiger partial charge is 0.315 e. The van der Waals surface area contributed by atoms with Crippen molar-refractivity contribution in [2.45, 2.75) is 71.9 Å². The molecular formula is C15H30N2O2. The predicted molar refractivity (Wildman–Crippen MR) is 78.0 cm³/mol. The van der Waals surface area contributed by atoms with Gasteiger partial charge in [-0.1, -0.05) is 20.8 Å². The topological polar surface area (TPSA) is 61.4 Å². The number of hydrogen-bond donors (Lipinski definition) is 3. The van der Waals surface area contributed by atoms with Gasteiger partial charge in [0.15, 0.2) is 0 Å². The van der Waals surface area contributed by atoms with Gasteiger partial charge in [-0.3, -0.25) is 0 Å². The molecule has 0 aliphatic heterocycles. The molecule has 0 aromatic carbocycles. The minimum atomic E-state index is -0.305. The second kappa shape index (κ2) is 7.13. The Morgan fingerprint density at radius 2 is 1.89 bits per heavy atom. The molecule has 0 radical (unpaired) electrons. The predicted octanol–water partition coefficient (Wildman–Crippen LogP) is 2.66. The Kier molecular flexibility index (Phi) is 6.11. The second-order valence-corrected chi connectivity index (χ2v) is 6.98. The van der Waals surface area contributed by atoms with Crippen LogP contribution in [0.15, 0.2) is 0 Å². The third kappa shape index (κ3) is 6.81. The molecule has 2 atom stereocenters. The highest BCUT2D eigenvalue weighted by Crippen LogP contribution is 2.34. The van der Waals surface area contributed by atoms with Crippen LogP contribution in [0.1, 0.15) is 59.8 Å². The molecule has 19 heavy (non-hydrogen) atoms. The monoisotopic (exact) mass is 270 g/mol. The van der Waals surface area contributed by atoms with Crippen molar-refractivity contribution >= 4 is 6.03 Å². The minimum Gasteiger partial charge on any atom is -0.393 e. The van der Waals surface area contributed by atoms with Gasteiger partial charge in [-0.15, -0.1) is 0 Å². The summed E-state index contributed by atoms with van der Waals surface area (Å²) >= 11 is 0. The molecule has 1 aliphatic carbocycles. The average molecular weight is 270 g/mol. The average Bonchev–Trinajstić information content (AvgIpc) is 2.28. The number of rotatable bonds is 5. The van der Waals surface area contributed by atoms with Gasteiger partial charge in [0.25, 0.3) is 0 Å². The van der Waals surface area contributed by atoms with Gasteiger partial charge < -0.3 is 15.7 Å². The van der Waals surface area contributed by atoms with E-state index in [1.54, 1.807) is 6.92 Å². The fraction of sp³-hybridized carbons (Fsp3) is 0.933. The van der Waals surface area contributed by atoms with Crippen LogP contribution in [0.3, 0.4) is 0 Å². The van der Waals surface area contributed by atoms with Gasteiger partial charge >= 0.3 is 6.03 Å². The molecule has 0 bridgehead atoms. The summed E-state index contributed by atoms with van der Waals surface area (Å²) in [6.45, 7) is 9.02. The third-order valence-electron chi connectivity index (χ3n) is 4.03. The van der Waals surface area contributed by atoms with Crippen molar-refractivity contribution < 1.29 is 9.90 Å². The Hall–Kier alpha value is -0.770. The van der Waals surface area contributed by atoms with Crippen molar-refractivity contribution in [3.63, 3.8) is 0 Å². The van der Waals surface area contributed by atoms with Crippen molar-refractivity contribution in [3.05, 3.63) is 0 Å². The molecule has 1 fully saturated rings. The van der Waals surface area contributed by atoms with Crippen molar-refractivity contribution in [3.8, 4) is 0 Å². The molecule has 3 N–H and O–H groups in total. The largest absolute Gasteiger partial charge is 0.393 e. The molecule has 4 nitrogen and oxygen atoms in total. The lowest BCUT2D eigenvalue weighted by molar-refractivity contribution is 0.162. The van der Waals surface area contributed by atoms with Crippen molar-refractivity contribution in [1.29, 1.82) is 0 Å². The highest BCUT2D eigenvalue weighted by atomic mass is 16.3. The third-order valence-corrected chi connectivity index (χ3v) is 4.03. The van der Waals surface area contributed by atoms with Gasteiger partial charge in [0, 0.05) is 12.6 Å². The summed E-state index contributed by atoms with van der Waals surface area (Å²) in [7, 11) is 0. The summed E-state index contributed by atoms with van der Waals surface area (Å²) in [5.41, 5.74) is 0.431. The van der Waals surface area contributed by atoms with E-state index >= 15 is 0 Å². The molecule has 2 unspecified atom stereocenters. The normalized spacial score (nSPS) is 22.6. The van der Waals surface area contributed by atoms with Gasteiger partial charge in [0.05, 0.1) is 6.10 Å². The van der Waals surface area contributed by atoms with Gasteiger partial charge in [-0.25, -0.2) is 4.79 Å². The molecule has 0 heterocycles. The molecule has 0 aromatic rings. The van der Waals surface area contributed by atoms with Crippen LogP contribution in [0, 0.1) is 11.3 Å². The van der Waals surface area contributed by atoms with E-state index < -0.39 is 0 Å². The Morgan fingerprint density at radius 1 is 1.32 bits per heavy atom. The van der Waals surface area contributed by atoms with Crippen molar-refractivity contribution in [2.24, 2.45) is 11.3 Å². The maximum atomic E-state index is 11.8. The molecule has 0 saturated heterocycles. The van der Waals surface area contributed by atoms with Crippen LogP contribution < -0.4 is 10.6 Å². The van der Waals surface area contributed by atoms with Gasteiger partial charge in [-0.05, 0) is 50.4 Å². The Labute approximate surface area is 117 Å². The van der Waals surface area contributed by atoms with Gasteiger partial charge in [-0.2, -0.15) is 0 Å². The summed E-state index contributed by atoms with van der Waals surface area (Å²) in [4.78, 5) is 11.8. The van der Waals surface area contributed by atoms with Crippen LogP contribution in [-0.4, -0.2) is 29.8 Å². The first-order valence-corrected chi connectivity index (χ1v) is 7.51. The van der Waals surface area contributed by atoms with E-state index in [-0.39, 0.29) is 12.1 Å². The summed E-state index contributed by atoms with van der Waals surface area (Å²) < 4.78 is 0. The quantitative estimate of drug-likeness (QED) is 0.719. The maximum absolute atomic E-state index is 11.8. The van der Waals surface area contributed by atoms with Crippen molar-refractivity contribution in [1.82, 2.24) is 10.6 Å². The molecule has 2 amide bonds. The molecule has 1 saturated carbocycles. The second-order valence-electron chi connectivity index (χ2n) is 6.98. The fourth-order valence-electron chi connectivity index (χ4n) is 2.71. The summed E-state index contributed by atoms with van der Waals surface area (Å²) in [6.07, 6.45) is 4.92. The number of aliphatic hydroxyl groups is 1. The Bertz CT molecular complexity index is 280. The lowest BCUT2D eigenvalue weighted by atomic mass is 9.76. The molecule has 0 aromatic heterocycles. The van der Waals surface area contributed by atoms with E-state index in [1.165, 1.54) is 12.8 Å². The van der Waals surface area contributed by atoms with E-state index in [0.29, 0.717) is 23.9 Å². The number of amides is 2. The molecule has 0 spiro atoms. The zero-order valence-corrected chi connectivity index (χ0v) is 12.8. The molecule has 1 aliphatic rings. The summed E-state index contributed by atoms with van der Waals surface area (Å²) in [5.74, 6) is 0.302. The number of carbonyl (C=O) groups is 1. The number of hydrogen-bond acceptors (Lipinski definition) is 2. The van der Waals surface area contributed by atoms with Crippen LogP contribution in [0.4, 0.5) is 4.79 Å². The Morgan fingerprint density at radius 3 is 2.42 bits per heavy atom. The lowest BCUT2D eigenvalue weighted by Crippen LogP contribution is -2.45. The zero-order valence-electron chi connectivity index (χ0n) is 12.8. The number of aliphatic hydroxyl groups excluding tert-OH is 1. The van der Waals surface area contributed by atoms with E-state index in [2.05, 4.69) is 24.5 Å². The highest BCUT2D eigenvalue weighted by Gasteiger charge is 2.27. The zero-order chi connectivity index (χ0) is 14.5. The standard InChI is InChI=1S/C15H30N2O2/c1-11(9-12(2)18)10-16-14(19)17-13-5-7-15(3,4)8-6-13/h11-13,18H,5-10H2,1-4H3,(H2,16,17,19). The fourth-order valence-corrected chi connectivity index (χ4v) is 2.71. The lowest BCUT2D eigenvalue weighted by Gasteiger charge is -2.34. The van der Waals surface area contributed by atoms with Crippen LogP contribution in [0.5, 0.6) is 0 Å². The number of urea groups is 1. The highest BCUT2D eigenvalue weighted by molar-refractivity contribution is 5.74. The van der Waals surface area contributed by atoms with E-state index in [1.807, 2.05) is 6.92 Å². The molecule has 1 rings (SSSR count).